The fourth-order valence-corrected chi connectivity index (χ4v) is 2.42. The fourth-order valence-electron chi connectivity index (χ4n) is 2.42. The van der Waals surface area contributed by atoms with Gasteiger partial charge in [0.1, 0.15) is 0 Å². The average molecular weight is 272 g/mol. The molecule has 1 aromatic carbocycles. The number of rotatable bonds is 6. The monoisotopic (exact) mass is 272 g/mol. The zero-order chi connectivity index (χ0) is 14.2. The van der Waals surface area contributed by atoms with Crippen LogP contribution in [-0.2, 0) is 16.0 Å². The normalized spacial score (nSPS) is 14.9. The number of ether oxygens (including phenoxy) is 1. The van der Waals surface area contributed by atoms with Gasteiger partial charge in [0.05, 0.1) is 30.8 Å². The summed E-state index contributed by atoms with van der Waals surface area (Å²) in [5, 5.41) is 11.6. The molecule has 1 fully saturated rings. The van der Waals surface area contributed by atoms with Crippen molar-refractivity contribution < 1.29 is 9.53 Å². The summed E-state index contributed by atoms with van der Waals surface area (Å²) < 4.78 is 5.68. The molecular weight excluding hydrogens is 252 g/mol. The standard InChI is InChI=1S/C16H20N2O2/c17-12-14-7-5-13(6-8-14)11-16(19)18-9-10-20-15-3-1-2-4-15/h5-8,15H,1-4,9-11H2,(H,18,19). The molecule has 2 rings (SSSR count). The van der Waals surface area contributed by atoms with Crippen LogP contribution in [0.25, 0.3) is 0 Å². The molecule has 4 nitrogen and oxygen atoms in total. The molecule has 1 aliphatic carbocycles. The van der Waals surface area contributed by atoms with Gasteiger partial charge in [-0.05, 0) is 30.5 Å². The summed E-state index contributed by atoms with van der Waals surface area (Å²) in [5.74, 6) is -0.00951. The number of benzene rings is 1. The van der Waals surface area contributed by atoms with Crippen molar-refractivity contribution in [2.45, 2.75) is 38.2 Å². The topological polar surface area (TPSA) is 62.1 Å². The summed E-state index contributed by atoms with van der Waals surface area (Å²) >= 11 is 0. The summed E-state index contributed by atoms with van der Waals surface area (Å²) in [4.78, 5) is 11.7. The maximum atomic E-state index is 11.7. The highest BCUT2D eigenvalue weighted by Crippen LogP contribution is 2.20. The van der Waals surface area contributed by atoms with Crippen molar-refractivity contribution in [1.29, 1.82) is 5.26 Å². The minimum Gasteiger partial charge on any atom is -0.376 e. The van der Waals surface area contributed by atoms with Crippen molar-refractivity contribution in [3.8, 4) is 6.07 Å². The number of carbonyl (C=O) groups excluding carboxylic acids is 1. The van der Waals surface area contributed by atoms with Gasteiger partial charge in [0.2, 0.25) is 5.91 Å². The first kappa shape index (κ1) is 14.5. The summed E-state index contributed by atoms with van der Waals surface area (Å²) in [6.07, 6.45) is 5.56. The lowest BCUT2D eigenvalue weighted by Gasteiger charge is -2.11. The Balaban J connectivity index is 1.63. The molecule has 0 heterocycles. The van der Waals surface area contributed by atoms with Gasteiger partial charge in [0, 0.05) is 6.54 Å². The van der Waals surface area contributed by atoms with Crippen molar-refractivity contribution in [3.05, 3.63) is 35.4 Å². The van der Waals surface area contributed by atoms with E-state index in [2.05, 4.69) is 11.4 Å². The van der Waals surface area contributed by atoms with E-state index in [1.807, 2.05) is 12.1 Å². The predicted octanol–water partition coefficient (Wildman–Crippen LogP) is 2.18. The Morgan fingerprint density at radius 2 is 2.00 bits per heavy atom. The molecule has 1 aromatic rings. The second-order valence-electron chi connectivity index (χ2n) is 5.11. The maximum absolute atomic E-state index is 11.7. The Hall–Kier alpha value is -1.86. The van der Waals surface area contributed by atoms with Gasteiger partial charge in [0.25, 0.3) is 0 Å². The Morgan fingerprint density at radius 1 is 1.30 bits per heavy atom. The van der Waals surface area contributed by atoms with Crippen LogP contribution in [0.5, 0.6) is 0 Å². The minimum absolute atomic E-state index is 0.00951. The van der Waals surface area contributed by atoms with Crippen LogP contribution in [0.4, 0.5) is 0 Å². The molecule has 20 heavy (non-hydrogen) atoms. The van der Waals surface area contributed by atoms with Crippen molar-refractivity contribution >= 4 is 5.91 Å². The SMILES string of the molecule is N#Cc1ccc(CC(=O)NCCOC2CCCC2)cc1. The van der Waals surface area contributed by atoms with Gasteiger partial charge < -0.3 is 10.1 Å². The lowest BCUT2D eigenvalue weighted by molar-refractivity contribution is -0.120. The molecule has 0 aliphatic heterocycles. The second-order valence-corrected chi connectivity index (χ2v) is 5.11. The number of nitrogens with one attached hydrogen (secondary N) is 1. The number of hydrogen-bond donors (Lipinski definition) is 1. The number of carbonyl (C=O) groups is 1. The Morgan fingerprint density at radius 3 is 2.65 bits per heavy atom. The van der Waals surface area contributed by atoms with Crippen LogP contribution >= 0.6 is 0 Å². The number of nitrogens with zero attached hydrogens (tertiary/aromatic N) is 1. The van der Waals surface area contributed by atoms with Crippen molar-refractivity contribution in [1.82, 2.24) is 5.32 Å². The summed E-state index contributed by atoms with van der Waals surface area (Å²) in [6, 6.07) is 9.14. The highest BCUT2D eigenvalue weighted by atomic mass is 16.5. The third-order valence-electron chi connectivity index (χ3n) is 3.53. The van der Waals surface area contributed by atoms with E-state index in [1.165, 1.54) is 12.8 Å². The third-order valence-corrected chi connectivity index (χ3v) is 3.53. The van der Waals surface area contributed by atoms with Gasteiger partial charge >= 0.3 is 0 Å². The summed E-state index contributed by atoms with van der Waals surface area (Å²) in [6.45, 7) is 1.15. The van der Waals surface area contributed by atoms with Crippen LogP contribution in [-0.4, -0.2) is 25.2 Å². The van der Waals surface area contributed by atoms with Crippen LogP contribution in [0, 0.1) is 11.3 Å². The highest BCUT2D eigenvalue weighted by molar-refractivity contribution is 5.78. The lowest BCUT2D eigenvalue weighted by atomic mass is 10.1. The molecule has 4 heteroatoms. The summed E-state index contributed by atoms with van der Waals surface area (Å²) in [5.41, 5.74) is 1.53. The van der Waals surface area contributed by atoms with E-state index in [9.17, 15) is 4.79 Å². The molecule has 0 unspecified atom stereocenters. The molecule has 0 spiro atoms. The maximum Gasteiger partial charge on any atom is 0.224 e. The van der Waals surface area contributed by atoms with Crippen LogP contribution in [0.3, 0.4) is 0 Å². The first-order chi connectivity index (χ1) is 9.78. The fraction of sp³-hybridized carbons (Fsp3) is 0.500. The minimum atomic E-state index is -0.00951. The van der Waals surface area contributed by atoms with Crippen LogP contribution in [0.2, 0.25) is 0 Å². The Kier molecular flexibility index (Phi) is 5.57. The first-order valence-corrected chi connectivity index (χ1v) is 7.15. The second kappa shape index (κ2) is 7.66. The quantitative estimate of drug-likeness (QED) is 0.807. The van der Waals surface area contributed by atoms with Gasteiger partial charge in [-0.3, -0.25) is 4.79 Å². The lowest BCUT2D eigenvalue weighted by Crippen LogP contribution is -2.29. The number of hydrogen-bond acceptors (Lipinski definition) is 3. The first-order valence-electron chi connectivity index (χ1n) is 7.15. The predicted molar refractivity (Wildman–Crippen MR) is 76.1 cm³/mol. The van der Waals surface area contributed by atoms with E-state index in [0.29, 0.717) is 31.2 Å². The number of amides is 1. The van der Waals surface area contributed by atoms with E-state index in [1.54, 1.807) is 12.1 Å². The summed E-state index contributed by atoms with van der Waals surface area (Å²) in [7, 11) is 0. The molecule has 0 saturated heterocycles. The van der Waals surface area contributed by atoms with Gasteiger partial charge in [0.15, 0.2) is 0 Å². The molecule has 1 amide bonds. The van der Waals surface area contributed by atoms with Gasteiger partial charge in [-0.25, -0.2) is 0 Å². The third kappa shape index (κ3) is 4.67. The van der Waals surface area contributed by atoms with Crippen molar-refractivity contribution in [2.75, 3.05) is 13.2 Å². The smallest absolute Gasteiger partial charge is 0.224 e. The molecular formula is C16H20N2O2. The van der Waals surface area contributed by atoms with Crippen LogP contribution in [0.1, 0.15) is 36.8 Å². The van der Waals surface area contributed by atoms with Gasteiger partial charge in [-0.1, -0.05) is 25.0 Å². The molecule has 0 aromatic heterocycles. The zero-order valence-corrected chi connectivity index (χ0v) is 11.6. The van der Waals surface area contributed by atoms with Gasteiger partial charge in [-0.2, -0.15) is 5.26 Å². The molecule has 106 valence electrons. The van der Waals surface area contributed by atoms with E-state index in [0.717, 1.165) is 18.4 Å². The molecule has 1 saturated carbocycles. The largest absolute Gasteiger partial charge is 0.376 e. The molecule has 0 radical (unpaired) electrons. The Labute approximate surface area is 119 Å². The zero-order valence-electron chi connectivity index (χ0n) is 11.6. The molecule has 0 atom stereocenters. The van der Waals surface area contributed by atoms with E-state index in [-0.39, 0.29) is 5.91 Å². The van der Waals surface area contributed by atoms with Crippen molar-refractivity contribution in [3.63, 3.8) is 0 Å². The van der Waals surface area contributed by atoms with E-state index >= 15 is 0 Å². The Bertz CT molecular complexity index is 470. The number of nitriles is 1. The molecule has 1 aliphatic rings. The average Bonchev–Trinajstić information content (AvgIpc) is 2.98. The molecule has 1 N–H and O–H groups in total. The van der Waals surface area contributed by atoms with Crippen LogP contribution in [0.15, 0.2) is 24.3 Å². The highest BCUT2D eigenvalue weighted by Gasteiger charge is 2.14. The van der Waals surface area contributed by atoms with Crippen molar-refractivity contribution in [2.24, 2.45) is 0 Å². The van der Waals surface area contributed by atoms with E-state index in [4.69, 9.17) is 10.00 Å². The van der Waals surface area contributed by atoms with Crippen LogP contribution < -0.4 is 5.32 Å². The van der Waals surface area contributed by atoms with Gasteiger partial charge in [-0.15, -0.1) is 0 Å². The van der Waals surface area contributed by atoms with E-state index < -0.39 is 0 Å². The molecule has 0 bridgehead atoms.